The summed E-state index contributed by atoms with van der Waals surface area (Å²) in [5, 5.41) is 0. The molecule has 0 aromatic carbocycles. The molecule has 0 heterocycles. The van der Waals surface area contributed by atoms with Gasteiger partial charge in [0.25, 0.3) is 0 Å². The second kappa shape index (κ2) is 5.29. The topological polar surface area (TPSA) is 0 Å². The van der Waals surface area contributed by atoms with Crippen LogP contribution < -0.4 is 0 Å². The van der Waals surface area contributed by atoms with Crippen molar-refractivity contribution in [2.45, 2.75) is 52.1 Å². The fourth-order valence-corrected chi connectivity index (χ4v) is 3.14. The first-order chi connectivity index (χ1) is 6.56. The van der Waals surface area contributed by atoms with Gasteiger partial charge in [0.05, 0.1) is 0 Å². The Morgan fingerprint density at radius 1 is 1.29 bits per heavy atom. The predicted octanol–water partition coefficient (Wildman–Crippen LogP) is 3.83. The molecule has 0 N–H and O–H groups in total. The van der Waals surface area contributed by atoms with E-state index < -0.39 is 6.17 Å². The van der Waals surface area contributed by atoms with Gasteiger partial charge in [0.1, 0.15) is 6.17 Å². The fourth-order valence-electron chi connectivity index (χ4n) is 2.41. The molecule has 0 aromatic rings. The molecule has 1 saturated carbocycles. The van der Waals surface area contributed by atoms with Gasteiger partial charge in [-0.15, -0.1) is 0 Å². The van der Waals surface area contributed by atoms with Crippen LogP contribution in [-0.4, -0.2) is 17.8 Å². The molecule has 84 valence electrons. The number of thiol groups is 1. The number of rotatable bonds is 4. The third kappa shape index (κ3) is 3.38. The van der Waals surface area contributed by atoms with E-state index in [0.29, 0.717) is 5.41 Å². The van der Waals surface area contributed by atoms with Crippen molar-refractivity contribution in [3.05, 3.63) is 0 Å². The molecule has 0 aromatic heterocycles. The number of hydrogen-bond donors (Lipinski definition) is 1. The van der Waals surface area contributed by atoms with Crippen LogP contribution in [-0.2, 0) is 0 Å². The SMILES string of the molecule is C=[SH]CCC(C)(C)C1CCC(F)CC1. The molecule has 1 aliphatic rings. The zero-order chi connectivity index (χ0) is 10.6. The molecule has 0 bridgehead atoms. The van der Waals surface area contributed by atoms with E-state index in [1.807, 2.05) is 0 Å². The summed E-state index contributed by atoms with van der Waals surface area (Å²) in [6.07, 6.45) is 4.46. The van der Waals surface area contributed by atoms with Crippen molar-refractivity contribution in [1.29, 1.82) is 0 Å². The van der Waals surface area contributed by atoms with Gasteiger partial charge in [-0.2, -0.15) is 0 Å². The van der Waals surface area contributed by atoms with Crippen molar-refractivity contribution in [3.63, 3.8) is 0 Å². The van der Waals surface area contributed by atoms with Crippen LogP contribution >= 0.6 is 11.4 Å². The molecule has 1 fully saturated rings. The van der Waals surface area contributed by atoms with Crippen molar-refractivity contribution < 1.29 is 4.39 Å². The summed E-state index contributed by atoms with van der Waals surface area (Å²) in [4.78, 5) is 0. The maximum Gasteiger partial charge on any atom is 0.100 e. The highest BCUT2D eigenvalue weighted by Gasteiger charge is 2.32. The second-order valence-corrected chi connectivity index (χ2v) is 6.03. The van der Waals surface area contributed by atoms with E-state index in [1.165, 1.54) is 23.5 Å². The molecular weight excluding hydrogens is 195 g/mol. The van der Waals surface area contributed by atoms with Gasteiger partial charge in [0.15, 0.2) is 0 Å². The summed E-state index contributed by atoms with van der Waals surface area (Å²) < 4.78 is 13.0. The molecule has 14 heavy (non-hydrogen) atoms. The van der Waals surface area contributed by atoms with Gasteiger partial charge in [-0.25, -0.2) is 15.7 Å². The summed E-state index contributed by atoms with van der Waals surface area (Å²) in [6.45, 7) is 4.67. The Morgan fingerprint density at radius 2 is 1.86 bits per heavy atom. The van der Waals surface area contributed by atoms with Gasteiger partial charge in [-0.3, -0.25) is 0 Å². The van der Waals surface area contributed by atoms with E-state index in [9.17, 15) is 4.39 Å². The summed E-state index contributed by atoms with van der Waals surface area (Å²) >= 11 is 1.24. The van der Waals surface area contributed by atoms with Crippen LogP contribution in [0.15, 0.2) is 0 Å². The minimum Gasteiger partial charge on any atom is -0.247 e. The lowest BCUT2D eigenvalue weighted by atomic mass is 9.69. The van der Waals surface area contributed by atoms with Gasteiger partial charge in [-0.1, -0.05) is 19.7 Å². The Labute approximate surface area is 91.2 Å². The lowest BCUT2D eigenvalue weighted by Gasteiger charge is -2.37. The van der Waals surface area contributed by atoms with Gasteiger partial charge in [-0.05, 0) is 49.2 Å². The Morgan fingerprint density at radius 3 is 2.36 bits per heavy atom. The van der Waals surface area contributed by atoms with Gasteiger partial charge in [0, 0.05) is 0 Å². The van der Waals surface area contributed by atoms with Crippen LogP contribution in [0.5, 0.6) is 0 Å². The maximum atomic E-state index is 13.0. The zero-order valence-corrected chi connectivity index (χ0v) is 10.3. The minimum atomic E-state index is -0.520. The largest absolute Gasteiger partial charge is 0.247 e. The van der Waals surface area contributed by atoms with E-state index in [-0.39, 0.29) is 0 Å². The van der Waals surface area contributed by atoms with Gasteiger partial charge >= 0.3 is 0 Å². The lowest BCUT2D eigenvalue weighted by Crippen LogP contribution is -2.29. The maximum absolute atomic E-state index is 13.0. The molecule has 0 aliphatic heterocycles. The van der Waals surface area contributed by atoms with Crippen LogP contribution in [0.2, 0.25) is 0 Å². The highest BCUT2D eigenvalue weighted by molar-refractivity contribution is 7.96. The van der Waals surface area contributed by atoms with E-state index in [4.69, 9.17) is 0 Å². The smallest absolute Gasteiger partial charge is 0.100 e. The summed E-state index contributed by atoms with van der Waals surface area (Å²) in [5.74, 6) is 5.77. The van der Waals surface area contributed by atoms with E-state index in [1.54, 1.807) is 0 Å². The number of halogens is 1. The van der Waals surface area contributed by atoms with Crippen LogP contribution in [0.1, 0.15) is 46.0 Å². The molecule has 1 aliphatic carbocycles. The highest BCUT2D eigenvalue weighted by atomic mass is 32.1. The van der Waals surface area contributed by atoms with Crippen molar-refractivity contribution in [2.24, 2.45) is 11.3 Å². The summed E-state index contributed by atoms with van der Waals surface area (Å²) in [7, 11) is 0. The first-order valence-corrected chi connectivity index (χ1v) is 6.89. The normalized spacial score (nSPS) is 29.1. The molecule has 0 unspecified atom stereocenters. The third-order valence-electron chi connectivity index (χ3n) is 3.68. The Kier molecular flexibility index (Phi) is 4.62. The van der Waals surface area contributed by atoms with E-state index in [2.05, 4.69) is 19.7 Å². The molecule has 1 rings (SSSR count). The zero-order valence-electron chi connectivity index (χ0n) is 9.43. The van der Waals surface area contributed by atoms with Crippen LogP contribution in [0.3, 0.4) is 0 Å². The molecule has 2 heteroatoms. The molecule has 0 atom stereocenters. The molecule has 0 spiro atoms. The van der Waals surface area contributed by atoms with E-state index in [0.717, 1.165) is 31.6 Å². The minimum absolute atomic E-state index is 0.394. The van der Waals surface area contributed by atoms with Crippen molar-refractivity contribution >= 4 is 17.2 Å². The fraction of sp³-hybridized carbons (Fsp3) is 0.917. The van der Waals surface area contributed by atoms with Gasteiger partial charge in [0.2, 0.25) is 0 Å². The first-order valence-electron chi connectivity index (χ1n) is 5.63. The number of hydrogen-bond acceptors (Lipinski definition) is 0. The van der Waals surface area contributed by atoms with E-state index >= 15 is 0 Å². The van der Waals surface area contributed by atoms with Crippen molar-refractivity contribution in [3.8, 4) is 0 Å². The quantitative estimate of drug-likeness (QED) is 0.538. The average molecular weight is 218 g/mol. The second-order valence-electron chi connectivity index (χ2n) is 5.13. The molecule has 0 saturated heterocycles. The van der Waals surface area contributed by atoms with Crippen molar-refractivity contribution in [2.75, 3.05) is 5.75 Å². The Hall–Kier alpha value is 0.150. The van der Waals surface area contributed by atoms with Crippen LogP contribution in [0.4, 0.5) is 4.39 Å². The van der Waals surface area contributed by atoms with Crippen molar-refractivity contribution in [1.82, 2.24) is 0 Å². The molecule has 0 radical (unpaired) electrons. The van der Waals surface area contributed by atoms with Crippen LogP contribution in [0.25, 0.3) is 0 Å². The van der Waals surface area contributed by atoms with Gasteiger partial charge < -0.3 is 0 Å². The molecule has 0 amide bonds. The standard InChI is InChI=1S/C12H23FS/c1-12(2,8-9-14-3)10-4-6-11(13)7-5-10/h10-11,14H,3-9H2,1-2H3. The predicted molar refractivity (Wildman–Crippen MR) is 66.2 cm³/mol. The highest BCUT2D eigenvalue weighted by Crippen LogP contribution is 2.41. The Balaban J connectivity index is 2.42. The number of alkyl halides is 1. The monoisotopic (exact) mass is 218 g/mol. The summed E-state index contributed by atoms with van der Waals surface area (Å²) in [5.41, 5.74) is 0.394. The third-order valence-corrected chi connectivity index (χ3v) is 4.22. The molecule has 0 nitrogen and oxygen atoms in total. The average Bonchev–Trinajstić information content (AvgIpc) is 2.16. The van der Waals surface area contributed by atoms with Crippen LogP contribution in [0, 0.1) is 11.3 Å². The lowest BCUT2D eigenvalue weighted by molar-refractivity contribution is 0.112. The Bertz CT molecular complexity index is 181. The summed E-state index contributed by atoms with van der Waals surface area (Å²) in [6, 6.07) is 0. The molecular formula is C12H23FS. The first kappa shape index (κ1) is 12.2.